The quantitative estimate of drug-likeness (QED) is 0.332. The first kappa shape index (κ1) is 30.9. The fraction of sp³-hybridized carbons (Fsp3) is 0.737. The molecule has 4 fully saturated rings. The molecule has 43 heavy (non-hydrogen) atoms. The van der Waals surface area contributed by atoms with Crippen LogP contribution in [-0.2, 0) is 0 Å². The molecular weight excluding hydrogens is 530 g/mol. The minimum absolute atomic E-state index is 0.0272. The van der Waals surface area contributed by atoms with Crippen molar-refractivity contribution in [1.29, 1.82) is 0 Å². The number of nitrogens with one attached hydrogen (secondary N) is 2. The fourth-order valence-electron chi connectivity index (χ4n) is 12.3. The van der Waals surface area contributed by atoms with Crippen molar-refractivity contribution in [2.24, 2.45) is 45.3 Å². The predicted octanol–water partition coefficient (Wildman–Crippen LogP) is 7.96. The van der Waals surface area contributed by atoms with Gasteiger partial charge in [0, 0.05) is 24.2 Å². The van der Waals surface area contributed by atoms with Gasteiger partial charge in [-0.3, -0.25) is 4.79 Å². The molecule has 0 saturated heterocycles. The summed E-state index contributed by atoms with van der Waals surface area (Å²) in [4.78, 5) is 26.5. The van der Waals surface area contributed by atoms with E-state index in [-0.39, 0.29) is 22.4 Å². The third-order valence-corrected chi connectivity index (χ3v) is 14.5. The summed E-state index contributed by atoms with van der Waals surface area (Å²) < 4.78 is 0. The number of amides is 2. The lowest BCUT2D eigenvalue weighted by Crippen LogP contribution is -2.68. The molecule has 2 N–H and O–H groups in total. The Labute approximate surface area is 261 Å². The molecule has 1 aromatic rings. The van der Waals surface area contributed by atoms with Crippen LogP contribution in [0.4, 0.5) is 4.79 Å². The van der Waals surface area contributed by atoms with Crippen molar-refractivity contribution in [1.82, 2.24) is 15.5 Å². The van der Waals surface area contributed by atoms with Crippen LogP contribution in [0.3, 0.4) is 0 Å². The molecule has 0 aliphatic heterocycles. The van der Waals surface area contributed by atoms with Gasteiger partial charge in [-0.05, 0) is 128 Å². The maximum absolute atomic E-state index is 13.1. The Morgan fingerprint density at radius 3 is 2.33 bits per heavy atom. The monoisotopic (exact) mass is 587 g/mol. The summed E-state index contributed by atoms with van der Waals surface area (Å²) in [5.74, 6) is 2.64. The molecule has 236 valence electrons. The average Bonchev–Trinajstić information content (AvgIpc) is 3.36. The molecule has 5 aliphatic carbocycles. The number of hydrogen-bond acceptors (Lipinski definition) is 3. The molecule has 0 heterocycles. The molecule has 0 aromatic heterocycles. The zero-order chi connectivity index (χ0) is 30.8. The van der Waals surface area contributed by atoms with E-state index in [0.29, 0.717) is 41.0 Å². The van der Waals surface area contributed by atoms with E-state index in [1.54, 1.807) is 0 Å². The first-order valence-corrected chi connectivity index (χ1v) is 17.3. The van der Waals surface area contributed by atoms with E-state index in [1.807, 2.05) is 12.1 Å². The molecule has 5 aliphatic rings. The summed E-state index contributed by atoms with van der Waals surface area (Å²) in [6, 6.07) is 8.30. The number of carbonyl (C=O) groups is 2. The minimum Gasteiger partial charge on any atom is -0.337 e. The third-order valence-electron chi connectivity index (χ3n) is 14.5. The number of rotatable bonds is 6. The SMILES string of the molecule is CN(C)CCNC(=O)NC12CCCC1C1CCC3C4(C)CC=C(c5ccc(C=O)cc5)C(C)(C)C4CCC3(C)[C@]1(C)CC2. The third kappa shape index (κ3) is 4.65. The van der Waals surface area contributed by atoms with Crippen molar-refractivity contribution in [3.8, 4) is 0 Å². The molecule has 5 nitrogen and oxygen atoms in total. The van der Waals surface area contributed by atoms with E-state index in [4.69, 9.17) is 0 Å². The number of carbonyl (C=O) groups excluding carboxylic acids is 2. The van der Waals surface area contributed by atoms with Crippen LogP contribution < -0.4 is 10.6 Å². The second-order valence-electron chi connectivity index (χ2n) is 16.8. The molecule has 7 unspecified atom stereocenters. The normalized spacial score (nSPS) is 41.3. The molecule has 0 spiro atoms. The van der Waals surface area contributed by atoms with Crippen LogP contribution in [0.2, 0.25) is 0 Å². The number of aldehydes is 1. The summed E-state index contributed by atoms with van der Waals surface area (Å²) in [5, 5.41) is 6.75. The summed E-state index contributed by atoms with van der Waals surface area (Å²) >= 11 is 0. The summed E-state index contributed by atoms with van der Waals surface area (Å²) in [7, 11) is 4.10. The van der Waals surface area contributed by atoms with Crippen molar-refractivity contribution in [3.63, 3.8) is 0 Å². The minimum atomic E-state index is -0.0272. The van der Waals surface area contributed by atoms with E-state index in [0.717, 1.165) is 37.7 Å². The number of hydrogen-bond donors (Lipinski definition) is 2. The van der Waals surface area contributed by atoms with E-state index in [9.17, 15) is 9.59 Å². The van der Waals surface area contributed by atoms with Crippen LogP contribution in [0.1, 0.15) is 115 Å². The average molecular weight is 588 g/mol. The van der Waals surface area contributed by atoms with Gasteiger partial charge < -0.3 is 15.5 Å². The largest absolute Gasteiger partial charge is 0.337 e. The number of benzene rings is 1. The Morgan fingerprint density at radius 1 is 0.884 bits per heavy atom. The Bertz CT molecular complexity index is 1270. The first-order chi connectivity index (χ1) is 20.3. The number of urea groups is 1. The van der Waals surface area contributed by atoms with Gasteiger partial charge >= 0.3 is 6.03 Å². The zero-order valence-electron chi connectivity index (χ0n) is 28.0. The van der Waals surface area contributed by atoms with Crippen LogP contribution in [0.25, 0.3) is 5.57 Å². The topological polar surface area (TPSA) is 61.4 Å². The van der Waals surface area contributed by atoms with Gasteiger partial charge in [-0.15, -0.1) is 0 Å². The summed E-state index contributed by atoms with van der Waals surface area (Å²) in [6.45, 7) is 14.6. The fourth-order valence-corrected chi connectivity index (χ4v) is 12.3. The van der Waals surface area contributed by atoms with E-state index in [2.05, 4.69) is 82.5 Å². The number of nitrogens with zero attached hydrogens (tertiary/aromatic N) is 1. The number of likely N-dealkylation sites (N-methyl/N-ethyl adjacent to an activating group) is 1. The van der Waals surface area contributed by atoms with Gasteiger partial charge in [-0.2, -0.15) is 0 Å². The lowest BCUT2D eigenvalue weighted by Gasteiger charge is -2.72. The van der Waals surface area contributed by atoms with E-state index >= 15 is 0 Å². The van der Waals surface area contributed by atoms with Crippen molar-refractivity contribution < 1.29 is 9.59 Å². The molecule has 0 radical (unpaired) electrons. The highest BCUT2D eigenvalue weighted by atomic mass is 16.2. The Kier molecular flexibility index (Phi) is 7.71. The van der Waals surface area contributed by atoms with Gasteiger partial charge in [0.2, 0.25) is 0 Å². The van der Waals surface area contributed by atoms with Gasteiger partial charge in [0.1, 0.15) is 6.29 Å². The van der Waals surface area contributed by atoms with Crippen LogP contribution in [0, 0.1) is 45.3 Å². The van der Waals surface area contributed by atoms with E-state index in [1.165, 1.54) is 56.1 Å². The molecule has 2 amide bonds. The molecular formula is C38H57N3O2. The van der Waals surface area contributed by atoms with Gasteiger partial charge in [-0.25, -0.2) is 4.79 Å². The van der Waals surface area contributed by atoms with Gasteiger partial charge in [0.25, 0.3) is 0 Å². The Morgan fingerprint density at radius 2 is 1.63 bits per heavy atom. The maximum Gasteiger partial charge on any atom is 0.315 e. The predicted molar refractivity (Wildman–Crippen MR) is 176 cm³/mol. The molecule has 5 heteroatoms. The number of fused-ring (bicyclic) bond motifs is 7. The molecule has 1 aromatic carbocycles. The smallest absolute Gasteiger partial charge is 0.315 e. The molecule has 6 rings (SSSR count). The highest BCUT2D eigenvalue weighted by Gasteiger charge is 2.69. The lowest BCUT2D eigenvalue weighted by molar-refractivity contribution is -0.216. The van der Waals surface area contributed by atoms with Gasteiger partial charge in [0.15, 0.2) is 0 Å². The summed E-state index contributed by atoms with van der Waals surface area (Å²) in [6.07, 6.45) is 15.9. The maximum atomic E-state index is 13.1. The standard InChI is InChI=1S/C38H57N3O2/c1-34(2)28(27-12-10-26(25-42)11-13-27)16-19-35(3)31(34)17-20-37(5)32(35)15-14-29-30-9-8-18-38(30,22-21-36(29,37)4)40-33(43)39-23-24-41(6)7/h10-13,16,25,29-32H,8-9,14-15,17-24H2,1-7H3,(H2,39,40,43)/t29?,30?,31?,32?,35?,36-,37?,38?/m1/s1. The van der Waals surface area contributed by atoms with Crippen molar-refractivity contribution in [2.75, 3.05) is 27.2 Å². The van der Waals surface area contributed by atoms with Gasteiger partial charge in [0.05, 0.1) is 0 Å². The van der Waals surface area contributed by atoms with Crippen molar-refractivity contribution in [3.05, 3.63) is 41.5 Å². The molecule has 8 atom stereocenters. The zero-order valence-corrected chi connectivity index (χ0v) is 28.0. The molecule has 0 bridgehead atoms. The number of allylic oxidation sites excluding steroid dienone is 2. The Hall–Kier alpha value is -2.14. The Balaban J connectivity index is 1.26. The lowest BCUT2D eigenvalue weighted by atomic mass is 9.33. The summed E-state index contributed by atoms with van der Waals surface area (Å²) in [5.41, 5.74) is 4.48. The van der Waals surface area contributed by atoms with Gasteiger partial charge in [-0.1, -0.05) is 71.4 Å². The molecule has 4 saturated carbocycles. The van der Waals surface area contributed by atoms with Crippen LogP contribution in [-0.4, -0.2) is 49.9 Å². The first-order valence-electron chi connectivity index (χ1n) is 17.3. The second-order valence-corrected chi connectivity index (χ2v) is 16.8. The van der Waals surface area contributed by atoms with Crippen molar-refractivity contribution >= 4 is 17.9 Å². The van der Waals surface area contributed by atoms with Crippen molar-refractivity contribution in [2.45, 2.75) is 104 Å². The van der Waals surface area contributed by atoms with Crippen LogP contribution in [0.5, 0.6) is 0 Å². The second kappa shape index (κ2) is 10.7. The van der Waals surface area contributed by atoms with Crippen LogP contribution in [0.15, 0.2) is 30.3 Å². The van der Waals surface area contributed by atoms with Crippen LogP contribution >= 0.6 is 0 Å². The van der Waals surface area contributed by atoms with E-state index < -0.39 is 0 Å². The highest BCUT2D eigenvalue weighted by molar-refractivity contribution is 5.78. The highest BCUT2D eigenvalue weighted by Crippen LogP contribution is 2.76.